The third-order valence-corrected chi connectivity index (χ3v) is 8.84. The molecule has 0 aliphatic carbocycles. The van der Waals surface area contributed by atoms with Crippen molar-refractivity contribution in [1.29, 1.82) is 0 Å². The SMILES string of the molecule is COc1ccc(N(C)c2c(C)c(C)c(-c3nc(-c4c(C)cccc4C)nc(-c4c(C)cc(C)cc4C)n3)c(C)c2C)cc1. The van der Waals surface area contributed by atoms with Gasteiger partial charge in [-0.2, -0.15) is 0 Å². The van der Waals surface area contributed by atoms with Crippen LogP contribution in [0.25, 0.3) is 34.2 Å². The minimum absolute atomic E-state index is 0.710. The molecular formula is C38H42N4O. The van der Waals surface area contributed by atoms with Crippen LogP contribution in [0.3, 0.4) is 0 Å². The first-order valence-electron chi connectivity index (χ1n) is 14.8. The summed E-state index contributed by atoms with van der Waals surface area (Å²) >= 11 is 0. The van der Waals surface area contributed by atoms with E-state index in [-0.39, 0.29) is 0 Å². The molecule has 220 valence electrons. The first-order valence-corrected chi connectivity index (χ1v) is 14.8. The van der Waals surface area contributed by atoms with Crippen LogP contribution in [-0.2, 0) is 0 Å². The number of ether oxygens (including phenoxy) is 1. The maximum absolute atomic E-state index is 5.39. The fourth-order valence-corrected chi connectivity index (χ4v) is 6.48. The molecule has 0 N–H and O–H groups in total. The van der Waals surface area contributed by atoms with Gasteiger partial charge in [0, 0.05) is 35.1 Å². The van der Waals surface area contributed by atoms with Crippen LogP contribution in [0.4, 0.5) is 11.4 Å². The van der Waals surface area contributed by atoms with E-state index in [4.69, 9.17) is 19.7 Å². The second kappa shape index (κ2) is 11.6. The predicted molar refractivity (Wildman–Crippen MR) is 180 cm³/mol. The standard InChI is InChI=1S/C38H42N4O/c1-21-19-24(4)33(25(5)20-21)37-39-36(32-22(2)13-12-14-23(32)3)40-38(41-37)34-26(6)28(8)35(29(9)27(34)7)42(10)30-15-17-31(43-11)18-16-30/h12-20H,1-11H3. The molecule has 1 heterocycles. The van der Waals surface area contributed by atoms with Gasteiger partial charge in [0.25, 0.3) is 0 Å². The zero-order valence-corrected chi connectivity index (χ0v) is 27.4. The molecule has 4 aromatic carbocycles. The average molecular weight is 571 g/mol. The summed E-state index contributed by atoms with van der Waals surface area (Å²) in [6.45, 7) is 19.4. The highest BCUT2D eigenvalue weighted by Crippen LogP contribution is 2.41. The Morgan fingerprint density at radius 2 is 0.977 bits per heavy atom. The number of hydrogen-bond donors (Lipinski definition) is 0. The minimum Gasteiger partial charge on any atom is -0.497 e. The van der Waals surface area contributed by atoms with Gasteiger partial charge < -0.3 is 9.64 Å². The van der Waals surface area contributed by atoms with Crippen molar-refractivity contribution in [2.45, 2.75) is 62.3 Å². The Labute approximate surface area is 256 Å². The van der Waals surface area contributed by atoms with E-state index in [0.29, 0.717) is 17.5 Å². The number of methoxy groups -OCH3 is 1. The van der Waals surface area contributed by atoms with Crippen LogP contribution in [0.5, 0.6) is 5.75 Å². The fourth-order valence-electron chi connectivity index (χ4n) is 6.48. The number of hydrogen-bond acceptors (Lipinski definition) is 5. The van der Waals surface area contributed by atoms with E-state index >= 15 is 0 Å². The van der Waals surface area contributed by atoms with Crippen molar-refractivity contribution in [2.75, 3.05) is 19.1 Å². The van der Waals surface area contributed by atoms with Crippen molar-refractivity contribution < 1.29 is 4.74 Å². The van der Waals surface area contributed by atoms with Gasteiger partial charge in [-0.25, -0.2) is 15.0 Å². The van der Waals surface area contributed by atoms with Crippen molar-refractivity contribution in [3.05, 3.63) is 105 Å². The van der Waals surface area contributed by atoms with Gasteiger partial charge in [0.15, 0.2) is 17.5 Å². The molecule has 5 rings (SSSR count). The van der Waals surface area contributed by atoms with Crippen LogP contribution < -0.4 is 9.64 Å². The summed E-state index contributed by atoms with van der Waals surface area (Å²) in [5.74, 6) is 2.98. The zero-order chi connectivity index (χ0) is 31.2. The molecule has 0 unspecified atom stereocenters. The number of rotatable bonds is 6. The van der Waals surface area contributed by atoms with Crippen LogP contribution >= 0.6 is 0 Å². The normalized spacial score (nSPS) is 11.1. The van der Waals surface area contributed by atoms with E-state index in [1.807, 2.05) is 12.1 Å². The largest absolute Gasteiger partial charge is 0.497 e. The van der Waals surface area contributed by atoms with Crippen molar-refractivity contribution in [1.82, 2.24) is 15.0 Å². The lowest BCUT2D eigenvalue weighted by atomic mass is 9.90. The van der Waals surface area contributed by atoms with Crippen molar-refractivity contribution >= 4 is 11.4 Å². The summed E-state index contributed by atoms with van der Waals surface area (Å²) in [6.07, 6.45) is 0. The van der Waals surface area contributed by atoms with Crippen LogP contribution in [-0.4, -0.2) is 29.1 Å². The number of anilines is 2. The fraction of sp³-hybridized carbons (Fsp3) is 0.289. The Morgan fingerprint density at radius 3 is 1.44 bits per heavy atom. The number of aryl methyl sites for hydroxylation is 5. The molecule has 0 amide bonds. The number of aromatic nitrogens is 3. The Hall–Kier alpha value is -4.51. The summed E-state index contributed by atoms with van der Waals surface area (Å²) in [7, 11) is 3.82. The molecule has 1 aromatic heterocycles. The molecule has 0 aliphatic heterocycles. The molecule has 43 heavy (non-hydrogen) atoms. The van der Waals surface area contributed by atoms with Crippen LogP contribution in [0, 0.1) is 62.3 Å². The summed E-state index contributed by atoms with van der Waals surface area (Å²) in [6, 6.07) is 18.9. The summed E-state index contributed by atoms with van der Waals surface area (Å²) < 4.78 is 5.39. The van der Waals surface area contributed by atoms with E-state index < -0.39 is 0 Å². The van der Waals surface area contributed by atoms with Gasteiger partial charge in [0.2, 0.25) is 0 Å². The van der Waals surface area contributed by atoms with Crippen molar-refractivity contribution in [2.24, 2.45) is 0 Å². The van der Waals surface area contributed by atoms with Gasteiger partial charge in [-0.15, -0.1) is 0 Å². The third kappa shape index (κ3) is 5.40. The Kier molecular flexibility index (Phi) is 8.11. The highest BCUT2D eigenvalue weighted by Gasteiger charge is 2.24. The molecule has 0 atom stereocenters. The smallest absolute Gasteiger partial charge is 0.164 e. The second-order valence-electron chi connectivity index (χ2n) is 11.8. The molecule has 5 heteroatoms. The van der Waals surface area contributed by atoms with Gasteiger partial charge in [-0.3, -0.25) is 0 Å². The predicted octanol–water partition coefficient (Wildman–Crippen LogP) is 9.42. The van der Waals surface area contributed by atoms with Gasteiger partial charge in [0.05, 0.1) is 7.11 Å². The molecule has 0 saturated heterocycles. The molecule has 5 aromatic rings. The minimum atomic E-state index is 0.710. The average Bonchev–Trinajstić information content (AvgIpc) is 2.96. The summed E-state index contributed by atoms with van der Waals surface area (Å²) in [5.41, 5.74) is 16.1. The maximum Gasteiger partial charge on any atom is 0.164 e. The van der Waals surface area contributed by atoms with E-state index in [1.165, 1.54) is 44.6 Å². The molecule has 0 spiro atoms. The van der Waals surface area contributed by atoms with E-state index in [0.717, 1.165) is 39.3 Å². The maximum atomic E-state index is 5.39. The van der Waals surface area contributed by atoms with Crippen LogP contribution in [0.2, 0.25) is 0 Å². The first kappa shape index (κ1) is 30.0. The summed E-state index contributed by atoms with van der Waals surface area (Å²) in [5, 5.41) is 0. The lowest BCUT2D eigenvalue weighted by Crippen LogP contribution is -2.15. The topological polar surface area (TPSA) is 51.1 Å². The van der Waals surface area contributed by atoms with Crippen LogP contribution in [0.1, 0.15) is 50.1 Å². The monoisotopic (exact) mass is 570 g/mol. The molecule has 0 bridgehead atoms. The van der Waals surface area contributed by atoms with Gasteiger partial charge in [-0.1, -0.05) is 35.9 Å². The van der Waals surface area contributed by atoms with E-state index in [9.17, 15) is 0 Å². The third-order valence-electron chi connectivity index (χ3n) is 8.84. The zero-order valence-electron chi connectivity index (χ0n) is 27.4. The Bertz CT molecular complexity index is 1780. The lowest BCUT2D eigenvalue weighted by molar-refractivity contribution is 0.415. The second-order valence-corrected chi connectivity index (χ2v) is 11.8. The highest BCUT2D eigenvalue weighted by molar-refractivity contribution is 5.81. The highest BCUT2D eigenvalue weighted by atomic mass is 16.5. The van der Waals surface area contributed by atoms with E-state index in [2.05, 4.69) is 117 Å². The molecule has 0 radical (unpaired) electrons. The van der Waals surface area contributed by atoms with Crippen molar-refractivity contribution in [3.8, 4) is 39.9 Å². The number of benzene rings is 4. The van der Waals surface area contributed by atoms with Crippen LogP contribution in [0.15, 0.2) is 54.6 Å². The number of nitrogens with zero attached hydrogens (tertiary/aromatic N) is 4. The van der Waals surface area contributed by atoms with Gasteiger partial charge >= 0.3 is 0 Å². The van der Waals surface area contributed by atoms with Gasteiger partial charge in [0.1, 0.15) is 5.75 Å². The lowest BCUT2D eigenvalue weighted by Gasteiger charge is -2.28. The molecular weight excluding hydrogens is 528 g/mol. The quantitative estimate of drug-likeness (QED) is 0.204. The molecule has 5 nitrogen and oxygen atoms in total. The summed E-state index contributed by atoms with van der Waals surface area (Å²) in [4.78, 5) is 17.8. The Morgan fingerprint density at radius 1 is 0.535 bits per heavy atom. The molecule has 0 fully saturated rings. The Balaban J connectivity index is 1.77. The van der Waals surface area contributed by atoms with E-state index in [1.54, 1.807) is 7.11 Å². The van der Waals surface area contributed by atoms with Crippen molar-refractivity contribution in [3.63, 3.8) is 0 Å². The van der Waals surface area contributed by atoms with Gasteiger partial charge in [-0.05, 0) is 131 Å². The first-order chi connectivity index (χ1) is 20.4. The molecule has 0 saturated carbocycles. The molecule has 0 aliphatic rings.